The van der Waals surface area contributed by atoms with Crippen molar-refractivity contribution in [1.29, 1.82) is 0 Å². The molecule has 1 amide bonds. The van der Waals surface area contributed by atoms with E-state index in [1.807, 2.05) is 5.38 Å². The van der Waals surface area contributed by atoms with Crippen LogP contribution in [-0.4, -0.2) is 17.5 Å². The summed E-state index contributed by atoms with van der Waals surface area (Å²) in [5.41, 5.74) is 1.78. The molecule has 28 heavy (non-hydrogen) atoms. The molecule has 1 aliphatic heterocycles. The van der Waals surface area contributed by atoms with Gasteiger partial charge in [0.15, 0.2) is 5.13 Å². The number of nitrogens with one attached hydrogen (secondary N) is 1. The fourth-order valence-corrected chi connectivity index (χ4v) is 4.83. The smallest absolute Gasteiger partial charge is 0.376 e. The first-order chi connectivity index (χ1) is 13.4. The highest BCUT2D eigenvalue weighted by atomic mass is 32.1. The van der Waals surface area contributed by atoms with Crippen LogP contribution in [0.1, 0.15) is 36.8 Å². The maximum Gasteiger partial charge on any atom is 0.416 e. The Balaban J connectivity index is 1.42. The molecule has 4 nitrogen and oxygen atoms in total. The number of alkyl halides is 3. The van der Waals surface area contributed by atoms with E-state index in [9.17, 15) is 18.0 Å². The highest BCUT2D eigenvalue weighted by Crippen LogP contribution is 2.31. The van der Waals surface area contributed by atoms with Crippen molar-refractivity contribution < 1.29 is 22.7 Å². The number of carbonyl (C=O) groups excluding carboxylic acids is 1. The minimum atomic E-state index is -4.34. The number of anilines is 1. The summed E-state index contributed by atoms with van der Waals surface area (Å²) < 4.78 is 43.3. The third kappa shape index (κ3) is 4.11. The molecule has 4 rings (SSSR count). The predicted octanol–water partition coefficient (Wildman–Crippen LogP) is 5.14. The molecular formula is C19H15F3N2O2S2. The summed E-state index contributed by atoms with van der Waals surface area (Å²) >= 11 is 2.83. The highest BCUT2D eigenvalue weighted by Gasteiger charge is 2.30. The number of fused-ring (bicyclic) bond motifs is 1. The van der Waals surface area contributed by atoms with E-state index in [1.165, 1.54) is 34.8 Å². The average molecular weight is 424 g/mol. The lowest BCUT2D eigenvalue weighted by Gasteiger charge is -2.13. The summed E-state index contributed by atoms with van der Waals surface area (Å²) in [6, 6.07) is 5.06. The summed E-state index contributed by atoms with van der Waals surface area (Å²) in [5.74, 6) is -0.199. The standard InChI is InChI=1S/C19H15F3N2O2S2/c20-19(21,22)12-3-1-11(2-4-12)7-13-8-23-18(28-13)24-17(25)15-10-27-16-9-26-6-5-14(15)16/h1-4,8,10H,5-7,9H2,(H,23,24,25). The van der Waals surface area contributed by atoms with E-state index < -0.39 is 11.7 Å². The normalized spacial score (nSPS) is 14.0. The molecule has 3 aromatic rings. The van der Waals surface area contributed by atoms with Crippen LogP contribution >= 0.6 is 22.7 Å². The van der Waals surface area contributed by atoms with Crippen LogP contribution < -0.4 is 5.32 Å². The van der Waals surface area contributed by atoms with Gasteiger partial charge in [-0.15, -0.1) is 22.7 Å². The second-order valence-corrected chi connectivity index (χ2v) is 8.39. The number of nitrogens with zero attached hydrogens (tertiary/aromatic N) is 1. The molecule has 1 aliphatic rings. The van der Waals surface area contributed by atoms with Crippen LogP contribution in [-0.2, 0) is 30.4 Å². The molecule has 146 valence electrons. The van der Waals surface area contributed by atoms with Gasteiger partial charge in [-0.25, -0.2) is 4.98 Å². The number of rotatable bonds is 4. The summed E-state index contributed by atoms with van der Waals surface area (Å²) in [7, 11) is 0. The number of thiophene rings is 1. The predicted molar refractivity (Wildman–Crippen MR) is 102 cm³/mol. The lowest BCUT2D eigenvalue weighted by molar-refractivity contribution is -0.137. The average Bonchev–Trinajstić information content (AvgIpc) is 3.28. The van der Waals surface area contributed by atoms with E-state index in [2.05, 4.69) is 10.3 Å². The van der Waals surface area contributed by atoms with Gasteiger partial charge in [0.05, 0.1) is 24.3 Å². The second kappa shape index (κ2) is 7.65. The van der Waals surface area contributed by atoms with Crippen molar-refractivity contribution in [1.82, 2.24) is 4.98 Å². The Bertz CT molecular complexity index is 994. The molecule has 0 saturated heterocycles. The van der Waals surface area contributed by atoms with Crippen molar-refractivity contribution >= 4 is 33.7 Å². The fraction of sp³-hybridized carbons (Fsp3) is 0.263. The summed E-state index contributed by atoms with van der Waals surface area (Å²) in [5, 5.41) is 5.13. The number of ether oxygens (including phenoxy) is 1. The molecule has 1 N–H and O–H groups in total. The molecule has 1 aromatic carbocycles. The van der Waals surface area contributed by atoms with Crippen molar-refractivity contribution in [3.63, 3.8) is 0 Å². The van der Waals surface area contributed by atoms with Gasteiger partial charge in [0.25, 0.3) is 5.91 Å². The maximum atomic E-state index is 12.6. The van der Waals surface area contributed by atoms with Crippen LogP contribution in [0.2, 0.25) is 0 Å². The topological polar surface area (TPSA) is 51.2 Å². The zero-order valence-corrected chi connectivity index (χ0v) is 16.1. The van der Waals surface area contributed by atoms with Crippen LogP contribution in [0.15, 0.2) is 35.8 Å². The lowest BCUT2D eigenvalue weighted by atomic mass is 10.1. The number of aromatic nitrogens is 1. The van der Waals surface area contributed by atoms with Crippen LogP contribution in [0.5, 0.6) is 0 Å². The van der Waals surface area contributed by atoms with Crippen LogP contribution in [0.3, 0.4) is 0 Å². The SMILES string of the molecule is O=C(Nc1ncc(Cc2ccc(C(F)(F)F)cc2)s1)c1csc2c1CCOC2. The number of carbonyl (C=O) groups is 1. The molecule has 3 heterocycles. The Labute approximate surface area is 167 Å². The Hall–Kier alpha value is -2.23. The Morgan fingerprint density at radius 3 is 2.79 bits per heavy atom. The molecule has 0 bridgehead atoms. The van der Waals surface area contributed by atoms with Gasteiger partial charge in [0, 0.05) is 27.8 Å². The lowest BCUT2D eigenvalue weighted by Crippen LogP contribution is -2.16. The molecule has 0 saturated carbocycles. The molecule has 0 aliphatic carbocycles. The van der Waals surface area contributed by atoms with Crippen molar-refractivity contribution in [2.24, 2.45) is 0 Å². The fourth-order valence-electron chi connectivity index (χ4n) is 2.97. The van der Waals surface area contributed by atoms with Crippen molar-refractivity contribution in [2.75, 3.05) is 11.9 Å². The molecule has 0 spiro atoms. The van der Waals surface area contributed by atoms with E-state index in [0.29, 0.717) is 30.3 Å². The van der Waals surface area contributed by atoms with Crippen molar-refractivity contribution in [2.45, 2.75) is 25.6 Å². The van der Waals surface area contributed by atoms with Gasteiger partial charge in [0.1, 0.15) is 0 Å². The molecule has 0 fully saturated rings. The minimum absolute atomic E-state index is 0.199. The number of benzene rings is 1. The molecule has 0 atom stereocenters. The number of hydrogen-bond donors (Lipinski definition) is 1. The largest absolute Gasteiger partial charge is 0.416 e. The number of hydrogen-bond acceptors (Lipinski definition) is 5. The zero-order chi connectivity index (χ0) is 19.7. The zero-order valence-electron chi connectivity index (χ0n) is 14.5. The molecule has 0 radical (unpaired) electrons. The Kier molecular flexibility index (Phi) is 5.22. The monoisotopic (exact) mass is 424 g/mol. The highest BCUT2D eigenvalue weighted by molar-refractivity contribution is 7.15. The summed E-state index contributed by atoms with van der Waals surface area (Å²) in [6.45, 7) is 1.15. The Morgan fingerprint density at radius 2 is 2.04 bits per heavy atom. The van der Waals surface area contributed by atoms with Crippen LogP contribution in [0.4, 0.5) is 18.3 Å². The van der Waals surface area contributed by atoms with Crippen LogP contribution in [0, 0.1) is 0 Å². The molecule has 0 unspecified atom stereocenters. The van der Waals surface area contributed by atoms with Gasteiger partial charge in [-0.1, -0.05) is 12.1 Å². The molecular weight excluding hydrogens is 409 g/mol. The van der Waals surface area contributed by atoms with Crippen molar-refractivity contribution in [3.05, 3.63) is 67.9 Å². The number of amides is 1. The van der Waals surface area contributed by atoms with E-state index in [-0.39, 0.29) is 5.91 Å². The first-order valence-corrected chi connectivity index (χ1v) is 10.2. The van der Waals surface area contributed by atoms with Crippen LogP contribution in [0.25, 0.3) is 0 Å². The third-order valence-corrected chi connectivity index (χ3v) is 6.30. The van der Waals surface area contributed by atoms with Crippen molar-refractivity contribution in [3.8, 4) is 0 Å². The Morgan fingerprint density at radius 1 is 1.25 bits per heavy atom. The van der Waals surface area contributed by atoms with Gasteiger partial charge in [-0.3, -0.25) is 10.1 Å². The maximum absolute atomic E-state index is 12.6. The third-order valence-electron chi connectivity index (χ3n) is 4.39. The number of halogens is 3. The first kappa shape index (κ1) is 19.1. The number of thiazole rings is 1. The van der Waals surface area contributed by atoms with Gasteiger partial charge in [0.2, 0.25) is 0 Å². The second-order valence-electron chi connectivity index (χ2n) is 6.31. The minimum Gasteiger partial charge on any atom is -0.376 e. The van der Waals surface area contributed by atoms with Gasteiger partial charge in [-0.2, -0.15) is 13.2 Å². The van der Waals surface area contributed by atoms with Gasteiger partial charge < -0.3 is 4.74 Å². The van der Waals surface area contributed by atoms with Gasteiger partial charge >= 0.3 is 6.18 Å². The van der Waals surface area contributed by atoms with E-state index in [0.717, 1.165) is 39.4 Å². The van der Waals surface area contributed by atoms with E-state index in [4.69, 9.17) is 4.74 Å². The summed E-state index contributed by atoms with van der Waals surface area (Å²) in [4.78, 5) is 18.7. The molecule has 2 aromatic heterocycles. The first-order valence-electron chi connectivity index (χ1n) is 8.49. The van der Waals surface area contributed by atoms with E-state index in [1.54, 1.807) is 6.20 Å². The van der Waals surface area contributed by atoms with E-state index >= 15 is 0 Å². The quantitative estimate of drug-likeness (QED) is 0.631. The summed E-state index contributed by atoms with van der Waals surface area (Å²) in [6.07, 6.45) is -1.53. The molecule has 9 heteroatoms. The van der Waals surface area contributed by atoms with Gasteiger partial charge in [-0.05, 0) is 29.7 Å².